The first-order valence-corrected chi connectivity index (χ1v) is 6.03. The quantitative estimate of drug-likeness (QED) is 0.617. The molecule has 2 unspecified atom stereocenters. The highest BCUT2D eigenvalue weighted by Crippen LogP contribution is 2.13. The van der Waals surface area contributed by atoms with E-state index in [0.717, 1.165) is 22.9 Å². The van der Waals surface area contributed by atoms with Crippen LogP contribution >= 0.6 is 15.9 Å². The molecule has 16 heavy (non-hydrogen) atoms. The third-order valence-corrected chi connectivity index (χ3v) is 2.93. The van der Waals surface area contributed by atoms with Crippen LogP contribution in [0.15, 0.2) is 22.9 Å². The lowest BCUT2D eigenvalue weighted by Crippen LogP contribution is -2.39. The number of ether oxygens (including phenoxy) is 1. The number of pyridine rings is 1. The van der Waals surface area contributed by atoms with Crippen LogP contribution in [0.4, 0.5) is 0 Å². The van der Waals surface area contributed by atoms with Crippen molar-refractivity contribution in [3.05, 3.63) is 28.5 Å². The minimum Gasteiger partial charge on any atom is -0.382 e. The largest absolute Gasteiger partial charge is 0.382 e. The molecule has 1 aromatic heterocycles. The number of halogens is 1. The number of hydrazine groups is 1. The molecule has 0 radical (unpaired) electrons. The number of methoxy groups -OCH3 is 1. The van der Waals surface area contributed by atoms with Crippen molar-refractivity contribution in [1.29, 1.82) is 0 Å². The summed E-state index contributed by atoms with van der Waals surface area (Å²) < 4.78 is 6.21. The van der Waals surface area contributed by atoms with Gasteiger partial charge < -0.3 is 4.74 Å². The smallest absolute Gasteiger partial charge is 0.0558 e. The van der Waals surface area contributed by atoms with E-state index in [1.807, 2.05) is 13.1 Å². The summed E-state index contributed by atoms with van der Waals surface area (Å²) in [5, 5.41) is 0. The molecule has 3 N–H and O–H groups in total. The Hall–Kier alpha value is -0.490. The van der Waals surface area contributed by atoms with Gasteiger partial charge in [0.15, 0.2) is 0 Å². The van der Waals surface area contributed by atoms with Gasteiger partial charge in [-0.25, -0.2) is 0 Å². The van der Waals surface area contributed by atoms with E-state index in [1.165, 1.54) is 0 Å². The van der Waals surface area contributed by atoms with Crippen LogP contribution in [0.3, 0.4) is 0 Å². The predicted octanol–water partition coefficient (Wildman–Crippen LogP) is 1.64. The van der Waals surface area contributed by atoms with Gasteiger partial charge in [-0.1, -0.05) is 0 Å². The molecule has 1 heterocycles. The molecule has 0 saturated heterocycles. The molecule has 1 aromatic rings. The van der Waals surface area contributed by atoms with Crippen LogP contribution in [0, 0.1) is 0 Å². The average Bonchev–Trinajstić information content (AvgIpc) is 2.28. The molecule has 2 atom stereocenters. The number of hydrogen-bond donors (Lipinski definition) is 2. The number of nitrogens with zero attached hydrogens (tertiary/aromatic N) is 1. The molecule has 0 aliphatic carbocycles. The maximum atomic E-state index is 5.52. The molecular weight excluding hydrogens is 270 g/mol. The summed E-state index contributed by atoms with van der Waals surface area (Å²) in [4.78, 5) is 4.12. The SMILES string of the molecule is COC(C)CC(Cc1cncc(Br)c1)NN. The number of aromatic nitrogens is 1. The summed E-state index contributed by atoms with van der Waals surface area (Å²) in [6.07, 6.45) is 5.54. The van der Waals surface area contributed by atoms with Crippen molar-refractivity contribution >= 4 is 15.9 Å². The van der Waals surface area contributed by atoms with Crippen molar-refractivity contribution < 1.29 is 4.74 Å². The van der Waals surface area contributed by atoms with Crippen LogP contribution in [-0.2, 0) is 11.2 Å². The monoisotopic (exact) mass is 287 g/mol. The zero-order valence-electron chi connectivity index (χ0n) is 9.61. The second-order valence-corrected chi connectivity index (χ2v) is 4.78. The van der Waals surface area contributed by atoms with Crippen molar-refractivity contribution in [1.82, 2.24) is 10.4 Å². The van der Waals surface area contributed by atoms with E-state index < -0.39 is 0 Å². The number of rotatable bonds is 6. The van der Waals surface area contributed by atoms with Crippen LogP contribution in [0.25, 0.3) is 0 Å². The Morgan fingerprint density at radius 3 is 2.88 bits per heavy atom. The first-order valence-electron chi connectivity index (χ1n) is 5.24. The van der Waals surface area contributed by atoms with Gasteiger partial charge >= 0.3 is 0 Å². The summed E-state index contributed by atoms with van der Waals surface area (Å²) in [5.41, 5.74) is 3.97. The molecule has 0 aliphatic rings. The number of hydrogen-bond acceptors (Lipinski definition) is 4. The molecule has 0 bridgehead atoms. The van der Waals surface area contributed by atoms with Gasteiger partial charge in [-0.2, -0.15) is 0 Å². The van der Waals surface area contributed by atoms with E-state index in [2.05, 4.69) is 32.4 Å². The van der Waals surface area contributed by atoms with Crippen LogP contribution < -0.4 is 11.3 Å². The molecule has 4 nitrogen and oxygen atoms in total. The van der Waals surface area contributed by atoms with Crippen molar-refractivity contribution in [3.63, 3.8) is 0 Å². The van der Waals surface area contributed by atoms with Gasteiger partial charge in [0.1, 0.15) is 0 Å². The predicted molar refractivity (Wildman–Crippen MR) is 67.8 cm³/mol. The third-order valence-electron chi connectivity index (χ3n) is 2.50. The van der Waals surface area contributed by atoms with Crippen LogP contribution in [0.1, 0.15) is 18.9 Å². The minimum absolute atomic E-state index is 0.196. The Bertz CT molecular complexity index is 322. The van der Waals surface area contributed by atoms with Crippen molar-refractivity contribution in [3.8, 4) is 0 Å². The molecule has 0 amide bonds. The van der Waals surface area contributed by atoms with Crippen molar-refractivity contribution in [2.45, 2.75) is 31.9 Å². The van der Waals surface area contributed by atoms with E-state index in [0.29, 0.717) is 0 Å². The molecule has 90 valence electrons. The van der Waals surface area contributed by atoms with Crippen LogP contribution in [0.5, 0.6) is 0 Å². The number of nitrogens with one attached hydrogen (secondary N) is 1. The molecule has 0 spiro atoms. The first kappa shape index (κ1) is 13.6. The fourth-order valence-corrected chi connectivity index (χ4v) is 1.97. The van der Waals surface area contributed by atoms with E-state index >= 15 is 0 Å². The Morgan fingerprint density at radius 1 is 1.56 bits per heavy atom. The minimum atomic E-state index is 0.196. The summed E-state index contributed by atoms with van der Waals surface area (Å²) >= 11 is 3.40. The Balaban J connectivity index is 2.56. The van der Waals surface area contributed by atoms with Crippen molar-refractivity contribution in [2.24, 2.45) is 5.84 Å². The van der Waals surface area contributed by atoms with E-state index in [-0.39, 0.29) is 12.1 Å². The lowest BCUT2D eigenvalue weighted by Gasteiger charge is -2.19. The Labute approximate surface area is 105 Å². The topological polar surface area (TPSA) is 60.2 Å². The fraction of sp³-hybridized carbons (Fsp3) is 0.545. The lowest BCUT2D eigenvalue weighted by molar-refractivity contribution is 0.100. The van der Waals surface area contributed by atoms with Gasteiger partial charge in [0.2, 0.25) is 0 Å². The Kier molecular flexibility index (Phi) is 5.90. The molecule has 0 saturated carbocycles. The highest BCUT2D eigenvalue weighted by Gasteiger charge is 2.12. The van der Waals surface area contributed by atoms with Gasteiger partial charge in [0.05, 0.1) is 6.10 Å². The number of nitrogens with two attached hydrogens (primary N) is 1. The average molecular weight is 288 g/mol. The molecule has 0 aromatic carbocycles. The summed E-state index contributed by atoms with van der Waals surface area (Å²) in [5.74, 6) is 5.52. The molecule has 5 heteroatoms. The van der Waals surface area contributed by atoms with Gasteiger partial charge in [-0.3, -0.25) is 16.3 Å². The van der Waals surface area contributed by atoms with Crippen molar-refractivity contribution in [2.75, 3.05) is 7.11 Å². The van der Waals surface area contributed by atoms with Crippen LogP contribution in [-0.4, -0.2) is 24.2 Å². The van der Waals surface area contributed by atoms with Gasteiger partial charge in [-0.15, -0.1) is 0 Å². The second kappa shape index (κ2) is 6.96. The Morgan fingerprint density at radius 2 is 2.31 bits per heavy atom. The zero-order valence-corrected chi connectivity index (χ0v) is 11.2. The standard InChI is InChI=1S/C11H18BrN3O/c1-8(16-2)3-11(15-13)5-9-4-10(12)7-14-6-9/h4,6-8,11,15H,3,5,13H2,1-2H3. The molecule has 0 aliphatic heterocycles. The highest BCUT2D eigenvalue weighted by atomic mass is 79.9. The van der Waals surface area contributed by atoms with E-state index in [9.17, 15) is 0 Å². The molecular formula is C11H18BrN3O. The first-order chi connectivity index (χ1) is 7.65. The van der Waals surface area contributed by atoms with Gasteiger partial charge in [0.25, 0.3) is 0 Å². The highest BCUT2D eigenvalue weighted by molar-refractivity contribution is 9.10. The van der Waals surface area contributed by atoms with E-state index in [1.54, 1.807) is 13.3 Å². The van der Waals surface area contributed by atoms with E-state index in [4.69, 9.17) is 10.6 Å². The van der Waals surface area contributed by atoms with Gasteiger partial charge in [-0.05, 0) is 47.3 Å². The molecule has 0 fully saturated rings. The normalized spacial score (nSPS) is 14.8. The van der Waals surface area contributed by atoms with Gasteiger partial charge in [0, 0.05) is 30.0 Å². The lowest BCUT2D eigenvalue weighted by atomic mass is 10.0. The van der Waals surface area contributed by atoms with Crippen LogP contribution in [0.2, 0.25) is 0 Å². The third kappa shape index (κ3) is 4.57. The summed E-state index contributed by atoms with van der Waals surface area (Å²) in [7, 11) is 1.71. The zero-order chi connectivity index (χ0) is 12.0. The maximum Gasteiger partial charge on any atom is 0.0558 e. The maximum absolute atomic E-state index is 5.52. The molecule has 1 rings (SSSR count). The second-order valence-electron chi connectivity index (χ2n) is 3.86. The summed E-state index contributed by atoms with van der Waals surface area (Å²) in [6.45, 7) is 2.03. The fourth-order valence-electron chi connectivity index (χ4n) is 1.56. The summed E-state index contributed by atoms with van der Waals surface area (Å²) in [6, 6.07) is 2.25.